The van der Waals surface area contributed by atoms with Gasteiger partial charge in [-0.3, -0.25) is 9.59 Å². The maximum atomic E-state index is 13.0. The Hall–Kier alpha value is -2.12. The highest BCUT2D eigenvalue weighted by molar-refractivity contribution is 5.76. The van der Waals surface area contributed by atoms with Gasteiger partial charge in [0.1, 0.15) is 24.4 Å². The van der Waals surface area contributed by atoms with Crippen molar-refractivity contribution in [1.82, 2.24) is 5.32 Å². The molecule has 0 radical (unpaired) electrons. The van der Waals surface area contributed by atoms with Gasteiger partial charge in [-0.25, -0.2) is 0 Å². The summed E-state index contributed by atoms with van der Waals surface area (Å²) in [5.41, 5.74) is 0. The minimum atomic E-state index is -1.58. The smallest absolute Gasteiger partial charge is 0.305 e. The lowest BCUT2D eigenvalue weighted by Gasteiger charge is -2.40. The van der Waals surface area contributed by atoms with E-state index in [0.29, 0.717) is 19.4 Å². The number of hydrogen-bond acceptors (Lipinski definition) is 10. The van der Waals surface area contributed by atoms with Crippen molar-refractivity contribution in [2.24, 2.45) is 0 Å². The van der Waals surface area contributed by atoms with Gasteiger partial charge in [-0.05, 0) is 57.8 Å². The second-order valence-corrected chi connectivity index (χ2v) is 18.9. The molecule has 0 aromatic carbocycles. The lowest BCUT2D eigenvalue weighted by Crippen LogP contribution is -2.60. The van der Waals surface area contributed by atoms with Crippen molar-refractivity contribution in [2.45, 2.75) is 281 Å². The van der Waals surface area contributed by atoms with Crippen molar-refractivity contribution in [3.8, 4) is 0 Å². The van der Waals surface area contributed by atoms with Crippen LogP contribution in [0.1, 0.15) is 239 Å². The summed E-state index contributed by atoms with van der Waals surface area (Å²) >= 11 is 0. The van der Waals surface area contributed by atoms with Gasteiger partial charge >= 0.3 is 5.97 Å². The van der Waals surface area contributed by atoms with E-state index >= 15 is 0 Å². The molecule has 11 nitrogen and oxygen atoms in total. The molecule has 0 aliphatic carbocycles. The Morgan fingerprint density at radius 1 is 0.545 bits per heavy atom. The molecular formula is C55H101NO10. The molecule has 386 valence electrons. The van der Waals surface area contributed by atoms with Gasteiger partial charge in [-0.1, -0.05) is 204 Å². The largest absolute Gasteiger partial charge is 0.466 e. The van der Waals surface area contributed by atoms with E-state index < -0.39 is 49.5 Å². The van der Waals surface area contributed by atoms with Gasteiger partial charge in [0.05, 0.1) is 32.0 Å². The maximum Gasteiger partial charge on any atom is 0.305 e. The van der Waals surface area contributed by atoms with Gasteiger partial charge in [0.25, 0.3) is 0 Å². The van der Waals surface area contributed by atoms with Gasteiger partial charge in [-0.2, -0.15) is 0 Å². The molecule has 1 rings (SSSR count). The minimum Gasteiger partial charge on any atom is -0.466 e. The fraction of sp³-hybridized carbons (Fsp3) is 0.855. The zero-order valence-corrected chi connectivity index (χ0v) is 42.2. The number of carbonyl (C=O) groups excluding carboxylic acids is 2. The first-order valence-corrected chi connectivity index (χ1v) is 27.3. The molecule has 0 bridgehead atoms. The third-order valence-electron chi connectivity index (χ3n) is 12.7. The number of carbonyl (C=O) groups is 2. The number of nitrogens with one attached hydrogen (secondary N) is 1. The van der Waals surface area contributed by atoms with E-state index in [4.69, 9.17) is 14.2 Å². The van der Waals surface area contributed by atoms with E-state index in [-0.39, 0.29) is 18.5 Å². The number of amides is 1. The number of aliphatic hydroxyl groups excluding tert-OH is 5. The monoisotopic (exact) mass is 936 g/mol. The molecule has 66 heavy (non-hydrogen) atoms. The van der Waals surface area contributed by atoms with E-state index in [1.165, 1.54) is 128 Å². The van der Waals surface area contributed by atoms with Crippen molar-refractivity contribution < 1.29 is 49.3 Å². The predicted octanol–water partition coefficient (Wildman–Crippen LogP) is 11.6. The van der Waals surface area contributed by atoms with Gasteiger partial charge in [0.2, 0.25) is 5.91 Å². The van der Waals surface area contributed by atoms with Crippen molar-refractivity contribution in [2.75, 3.05) is 19.8 Å². The zero-order chi connectivity index (χ0) is 48.1. The molecule has 1 amide bonds. The Kier molecular flexibility index (Phi) is 42.5. The Labute approximate surface area is 403 Å². The lowest BCUT2D eigenvalue weighted by molar-refractivity contribution is -0.302. The van der Waals surface area contributed by atoms with Crippen LogP contribution in [-0.2, 0) is 23.8 Å². The van der Waals surface area contributed by atoms with E-state index in [1.54, 1.807) is 6.08 Å². The summed E-state index contributed by atoms with van der Waals surface area (Å²) in [7, 11) is 0. The summed E-state index contributed by atoms with van der Waals surface area (Å²) < 4.78 is 16.6. The first kappa shape index (κ1) is 61.9. The number of ether oxygens (including phenoxy) is 3. The van der Waals surface area contributed by atoms with Gasteiger partial charge < -0.3 is 45.1 Å². The number of rotatable bonds is 46. The van der Waals surface area contributed by atoms with E-state index in [2.05, 4.69) is 43.5 Å². The van der Waals surface area contributed by atoms with Crippen LogP contribution in [0.4, 0.5) is 0 Å². The van der Waals surface area contributed by atoms with Crippen molar-refractivity contribution in [3.63, 3.8) is 0 Å². The summed E-state index contributed by atoms with van der Waals surface area (Å²) in [5.74, 6) is -0.233. The van der Waals surface area contributed by atoms with Crippen LogP contribution in [0.3, 0.4) is 0 Å². The Bertz CT molecular complexity index is 1190. The zero-order valence-electron chi connectivity index (χ0n) is 42.2. The first-order chi connectivity index (χ1) is 32.2. The molecule has 7 unspecified atom stereocenters. The molecule has 7 atom stereocenters. The van der Waals surface area contributed by atoms with Crippen molar-refractivity contribution in [1.29, 1.82) is 0 Å². The van der Waals surface area contributed by atoms with E-state index in [9.17, 15) is 35.1 Å². The average Bonchev–Trinajstić information content (AvgIpc) is 3.31. The molecule has 6 N–H and O–H groups in total. The molecule has 0 spiro atoms. The highest BCUT2D eigenvalue weighted by Crippen LogP contribution is 2.23. The first-order valence-electron chi connectivity index (χ1n) is 27.3. The van der Waals surface area contributed by atoms with Crippen LogP contribution in [0.15, 0.2) is 36.5 Å². The molecular weight excluding hydrogens is 835 g/mol. The summed E-state index contributed by atoms with van der Waals surface area (Å²) in [4.78, 5) is 25.0. The van der Waals surface area contributed by atoms with Gasteiger partial charge in [0.15, 0.2) is 6.29 Å². The average molecular weight is 936 g/mol. The quantitative estimate of drug-likeness (QED) is 0.0196. The fourth-order valence-electron chi connectivity index (χ4n) is 8.35. The third-order valence-corrected chi connectivity index (χ3v) is 12.7. The Morgan fingerprint density at radius 3 is 1.50 bits per heavy atom. The van der Waals surface area contributed by atoms with Gasteiger partial charge in [0, 0.05) is 12.8 Å². The second kappa shape index (κ2) is 45.3. The molecule has 0 saturated carbocycles. The molecule has 11 heteroatoms. The van der Waals surface area contributed by atoms with Crippen LogP contribution in [0.25, 0.3) is 0 Å². The third kappa shape index (κ3) is 35.1. The van der Waals surface area contributed by atoms with Crippen molar-refractivity contribution in [3.05, 3.63) is 36.5 Å². The number of esters is 1. The molecule has 1 aliphatic heterocycles. The van der Waals surface area contributed by atoms with Crippen LogP contribution >= 0.6 is 0 Å². The normalized spacial score (nSPS) is 19.9. The van der Waals surface area contributed by atoms with Crippen LogP contribution in [-0.4, -0.2) is 100 Å². The second-order valence-electron chi connectivity index (χ2n) is 18.9. The Morgan fingerprint density at radius 2 is 0.985 bits per heavy atom. The molecule has 1 fully saturated rings. The van der Waals surface area contributed by atoms with Crippen LogP contribution < -0.4 is 5.32 Å². The molecule has 1 aliphatic rings. The topological polar surface area (TPSA) is 175 Å². The van der Waals surface area contributed by atoms with E-state index in [1.807, 2.05) is 6.08 Å². The number of unbranched alkanes of at least 4 members (excludes halogenated alkanes) is 28. The molecule has 0 aromatic rings. The maximum absolute atomic E-state index is 13.0. The van der Waals surface area contributed by atoms with Crippen LogP contribution in [0.5, 0.6) is 0 Å². The van der Waals surface area contributed by atoms with Crippen LogP contribution in [0, 0.1) is 0 Å². The fourth-order valence-corrected chi connectivity index (χ4v) is 8.35. The molecule has 1 heterocycles. The summed E-state index contributed by atoms with van der Waals surface area (Å²) in [6, 6.07) is -0.842. The number of hydrogen-bond donors (Lipinski definition) is 6. The summed E-state index contributed by atoms with van der Waals surface area (Å²) in [6.45, 7) is 4.24. The van der Waals surface area contributed by atoms with Crippen LogP contribution in [0.2, 0.25) is 0 Å². The standard InChI is InChI=1S/C55H101NO10/c1-3-5-7-9-11-13-15-18-22-25-29-33-37-41-48(58)47(46-65-55-54(63)53(62)52(61)49(45-57)66-55)56-50(59)42-38-34-30-26-23-19-16-17-20-24-28-32-36-40-44-64-51(60)43-39-35-31-27-21-14-12-10-8-6-4-2/h11,13,22,25,37,41,47-49,52-55,57-58,61-63H,3-10,12,14-21,23-24,26-36,38-40,42-46H2,1-2H3,(H,56,59)/b13-11+,25-22+,41-37+. The minimum absolute atomic E-state index is 0.0251. The summed E-state index contributed by atoms with van der Waals surface area (Å²) in [5, 5.41) is 54.2. The Balaban J connectivity index is 2.18. The summed E-state index contributed by atoms with van der Waals surface area (Å²) in [6.07, 6.45) is 43.6. The van der Waals surface area contributed by atoms with Gasteiger partial charge in [-0.15, -0.1) is 0 Å². The highest BCUT2D eigenvalue weighted by Gasteiger charge is 2.44. The SMILES string of the molecule is CCCCC/C=C/CC/C=C/CC/C=C/C(O)C(COC1OC(CO)C(O)C(O)C1O)NC(=O)CCCCCCCCCCCCCCCCOC(=O)CCCCCCCCCCCCC. The number of aliphatic hydroxyl groups is 5. The van der Waals surface area contributed by atoms with E-state index in [0.717, 1.165) is 83.5 Å². The lowest BCUT2D eigenvalue weighted by atomic mass is 9.99. The predicted molar refractivity (Wildman–Crippen MR) is 269 cm³/mol. The molecule has 1 saturated heterocycles. The van der Waals surface area contributed by atoms with Crippen molar-refractivity contribution >= 4 is 11.9 Å². The highest BCUT2D eigenvalue weighted by atomic mass is 16.7. The number of allylic oxidation sites excluding steroid dienone is 5. The molecule has 0 aromatic heterocycles.